The van der Waals surface area contributed by atoms with Gasteiger partial charge in [0, 0.05) is 6.42 Å². The fraction of sp³-hybridized carbons (Fsp3) is 0.353. The maximum absolute atomic E-state index is 12.7. The Morgan fingerprint density at radius 1 is 1.27 bits per heavy atom. The van der Waals surface area contributed by atoms with Crippen LogP contribution in [0.2, 0.25) is 0 Å². The summed E-state index contributed by atoms with van der Waals surface area (Å²) in [6.45, 7) is 4.16. The van der Waals surface area contributed by atoms with E-state index in [0.29, 0.717) is 25.2 Å². The van der Waals surface area contributed by atoms with E-state index in [0.717, 1.165) is 11.5 Å². The molecule has 0 bridgehead atoms. The Hall–Kier alpha value is -2.30. The highest BCUT2D eigenvalue weighted by Crippen LogP contribution is 2.16. The van der Waals surface area contributed by atoms with E-state index >= 15 is 0 Å². The zero-order chi connectivity index (χ0) is 15.9. The first kappa shape index (κ1) is 16.1. The monoisotopic (exact) mass is 305 g/mol. The molecule has 22 heavy (non-hydrogen) atoms. The molecule has 5 heteroatoms. The van der Waals surface area contributed by atoms with Crippen molar-refractivity contribution in [2.75, 3.05) is 6.61 Å². The quantitative estimate of drug-likeness (QED) is 0.792. The summed E-state index contributed by atoms with van der Waals surface area (Å²) in [5.41, 5.74) is 0. The van der Waals surface area contributed by atoms with E-state index in [-0.39, 0.29) is 17.8 Å². The van der Waals surface area contributed by atoms with Crippen LogP contribution in [0.25, 0.3) is 0 Å². The van der Waals surface area contributed by atoms with Crippen molar-refractivity contribution in [1.29, 1.82) is 0 Å². The molecule has 1 aromatic heterocycles. The Balaban J connectivity index is 1.66. The highest BCUT2D eigenvalue weighted by atomic mass is 19.1. The van der Waals surface area contributed by atoms with Gasteiger partial charge >= 0.3 is 0 Å². The topological polar surface area (TPSA) is 51.5 Å². The standard InChI is InChI=1S/C17H20FNO3/c1-12-5-10-16(22-12)13(2)19-17(20)4-3-11-21-15-8-6-14(18)7-9-15/h5-10,13H,3-4,11H2,1-2H3,(H,19,20)/t13-/m1/s1. The molecule has 0 aliphatic carbocycles. The van der Waals surface area contributed by atoms with Gasteiger partial charge in [0.2, 0.25) is 5.91 Å². The van der Waals surface area contributed by atoms with E-state index in [1.54, 1.807) is 12.1 Å². The summed E-state index contributed by atoms with van der Waals surface area (Å²) in [4.78, 5) is 11.8. The van der Waals surface area contributed by atoms with Crippen molar-refractivity contribution in [2.45, 2.75) is 32.7 Å². The Morgan fingerprint density at radius 2 is 2.00 bits per heavy atom. The zero-order valence-corrected chi connectivity index (χ0v) is 12.8. The molecule has 0 aliphatic rings. The average Bonchev–Trinajstić information content (AvgIpc) is 2.92. The first-order chi connectivity index (χ1) is 10.5. The summed E-state index contributed by atoms with van der Waals surface area (Å²) in [5, 5.41) is 2.88. The van der Waals surface area contributed by atoms with Crippen molar-refractivity contribution in [3.63, 3.8) is 0 Å². The minimum absolute atomic E-state index is 0.0516. The molecule has 1 aromatic carbocycles. The number of rotatable bonds is 7. The van der Waals surface area contributed by atoms with Crippen LogP contribution >= 0.6 is 0 Å². The number of carbonyl (C=O) groups excluding carboxylic acids is 1. The molecule has 1 amide bonds. The van der Waals surface area contributed by atoms with Gasteiger partial charge in [0.15, 0.2) is 0 Å². The van der Waals surface area contributed by atoms with Crippen molar-refractivity contribution in [1.82, 2.24) is 5.32 Å². The predicted molar refractivity (Wildman–Crippen MR) is 81.1 cm³/mol. The molecule has 1 heterocycles. The zero-order valence-electron chi connectivity index (χ0n) is 12.8. The number of aryl methyl sites for hydroxylation is 1. The normalized spacial score (nSPS) is 12.0. The van der Waals surface area contributed by atoms with Crippen LogP contribution in [0.15, 0.2) is 40.8 Å². The second-order valence-electron chi connectivity index (χ2n) is 5.14. The molecule has 0 saturated carbocycles. The van der Waals surface area contributed by atoms with Crippen molar-refractivity contribution < 1.29 is 18.3 Å². The van der Waals surface area contributed by atoms with Gasteiger partial charge < -0.3 is 14.5 Å². The van der Waals surface area contributed by atoms with Gasteiger partial charge in [-0.05, 0) is 56.7 Å². The van der Waals surface area contributed by atoms with Crippen LogP contribution in [-0.4, -0.2) is 12.5 Å². The van der Waals surface area contributed by atoms with Crippen LogP contribution in [0.1, 0.15) is 37.3 Å². The molecule has 118 valence electrons. The molecule has 0 saturated heterocycles. The van der Waals surface area contributed by atoms with E-state index in [1.165, 1.54) is 12.1 Å². The van der Waals surface area contributed by atoms with E-state index in [9.17, 15) is 9.18 Å². The maximum Gasteiger partial charge on any atom is 0.220 e. The number of nitrogens with one attached hydrogen (secondary N) is 1. The number of benzene rings is 1. The lowest BCUT2D eigenvalue weighted by Crippen LogP contribution is -2.26. The molecule has 0 unspecified atom stereocenters. The second-order valence-corrected chi connectivity index (χ2v) is 5.14. The van der Waals surface area contributed by atoms with Gasteiger partial charge in [0.05, 0.1) is 12.6 Å². The number of carbonyl (C=O) groups is 1. The number of hydrogen-bond donors (Lipinski definition) is 1. The summed E-state index contributed by atoms with van der Waals surface area (Å²) in [6, 6.07) is 9.39. The lowest BCUT2D eigenvalue weighted by molar-refractivity contribution is -0.122. The Morgan fingerprint density at radius 3 is 2.64 bits per heavy atom. The third kappa shape index (κ3) is 4.91. The fourth-order valence-corrected chi connectivity index (χ4v) is 2.02. The van der Waals surface area contributed by atoms with Gasteiger partial charge in [0.1, 0.15) is 23.1 Å². The third-order valence-electron chi connectivity index (χ3n) is 3.20. The first-order valence-electron chi connectivity index (χ1n) is 7.28. The average molecular weight is 305 g/mol. The number of ether oxygens (including phenoxy) is 1. The molecule has 0 fully saturated rings. The summed E-state index contributed by atoms with van der Waals surface area (Å²) >= 11 is 0. The first-order valence-corrected chi connectivity index (χ1v) is 7.28. The highest BCUT2D eigenvalue weighted by molar-refractivity contribution is 5.76. The van der Waals surface area contributed by atoms with Gasteiger partial charge in [-0.15, -0.1) is 0 Å². The second kappa shape index (κ2) is 7.64. The summed E-state index contributed by atoms with van der Waals surface area (Å²) in [5.74, 6) is 1.82. The van der Waals surface area contributed by atoms with Crippen molar-refractivity contribution >= 4 is 5.91 Å². The molecule has 1 N–H and O–H groups in total. The summed E-state index contributed by atoms with van der Waals surface area (Å²) < 4.78 is 23.6. The molecule has 1 atom stereocenters. The van der Waals surface area contributed by atoms with Gasteiger partial charge in [-0.2, -0.15) is 0 Å². The van der Waals surface area contributed by atoms with E-state index in [1.807, 2.05) is 26.0 Å². The summed E-state index contributed by atoms with van der Waals surface area (Å²) in [7, 11) is 0. The molecular weight excluding hydrogens is 285 g/mol. The number of amides is 1. The molecule has 2 aromatic rings. The number of halogens is 1. The van der Waals surface area contributed by atoms with Crippen LogP contribution < -0.4 is 10.1 Å². The number of hydrogen-bond acceptors (Lipinski definition) is 3. The molecular formula is C17H20FNO3. The Kier molecular flexibility index (Phi) is 5.58. The Labute approximate surface area is 129 Å². The molecule has 0 aliphatic heterocycles. The van der Waals surface area contributed by atoms with Gasteiger partial charge in [-0.3, -0.25) is 4.79 Å². The van der Waals surface area contributed by atoms with E-state index < -0.39 is 0 Å². The smallest absolute Gasteiger partial charge is 0.220 e. The van der Waals surface area contributed by atoms with Gasteiger partial charge in [-0.25, -0.2) is 4.39 Å². The van der Waals surface area contributed by atoms with Gasteiger partial charge in [-0.1, -0.05) is 0 Å². The molecule has 0 radical (unpaired) electrons. The van der Waals surface area contributed by atoms with E-state index in [2.05, 4.69) is 5.32 Å². The van der Waals surface area contributed by atoms with Crippen molar-refractivity contribution in [2.24, 2.45) is 0 Å². The molecule has 4 nitrogen and oxygen atoms in total. The molecule has 0 spiro atoms. The predicted octanol–water partition coefficient (Wildman–Crippen LogP) is 3.76. The lowest BCUT2D eigenvalue weighted by Gasteiger charge is -2.11. The molecule has 2 rings (SSSR count). The van der Waals surface area contributed by atoms with Crippen LogP contribution in [0, 0.1) is 12.7 Å². The number of furan rings is 1. The lowest BCUT2D eigenvalue weighted by atomic mass is 10.2. The highest BCUT2D eigenvalue weighted by Gasteiger charge is 2.12. The SMILES string of the molecule is Cc1ccc([C@@H](C)NC(=O)CCCOc2ccc(F)cc2)o1. The maximum atomic E-state index is 12.7. The van der Waals surface area contributed by atoms with Crippen molar-refractivity contribution in [3.8, 4) is 5.75 Å². The van der Waals surface area contributed by atoms with Crippen LogP contribution in [-0.2, 0) is 4.79 Å². The largest absolute Gasteiger partial charge is 0.494 e. The van der Waals surface area contributed by atoms with Crippen LogP contribution in [0.3, 0.4) is 0 Å². The minimum Gasteiger partial charge on any atom is -0.494 e. The Bertz CT molecular complexity index is 607. The summed E-state index contributed by atoms with van der Waals surface area (Å²) in [6.07, 6.45) is 0.957. The minimum atomic E-state index is -0.297. The van der Waals surface area contributed by atoms with Crippen LogP contribution in [0.5, 0.6) is 5.75 Å². The van der Waals surface area contributed by atoms with Crippen molar-refractivity contribution in [3.05, 3.63) is 53.7 Å². The van der Waals surface area contributed by atoms with Crippen LogP contribution in [0.4, 0.5) is 4.39 Å². The van der Waals surface area contributed by atoms with Gasteiger partial charge in [0.25, 0.3) is 0 Å². The van der Waals surface area contributed by atoms with E-state index in [4.69, 9.17) is 9.15 Å². The third-order valence-corrected chi connectivity index (χ3v) is 3.20. The fourth-order valence-electron chi connectivity index (χ4n) is 2.02.